The van der Waals surface area contributed by atoms with E-state index in [9.17, 15) is 0 Å². The highest BCUT2D eigenvalue weighted by Crippen LogP contribution is 2.14. The van der Waals surface area contributed by atoms with Crippen molar-refractivity contribution < 1.29 is 0 Å². The Hall–Kier alpha value is -7.66. The first-order chi connectivity index (χ1) is 27.6. The van der Waals surface area contributed by atoms with E-state index in [1.54, 1.807) is 0 Å². The number of hydrogen-bond acceptors (Lipinski definition) is 0. The molecule has 8 aliphatic rings. The van der Waals surface area contributed by atoms with Crippen LogP contribution in [0.15, 0.2) is 170 Å². The molecule has 0 N–H and O–H groups in total. The number of fused-ring (bicyclic) bond motifs is 7. The summed E-state index contributed by atoms with van der Waals surface area (Å²) < 4.78 is 0. The van der Waals surface area contributed by atoms with E-state index < -0.39 is 0 Å². The summed E-state index contributed by atoms with van der Waals surface area (Å²) in [6.07, 6.45) is 4.02. The smallest absolute Gasteiger partial charge is 0.0249 e. The monoisotopic (exact) mass is 708 g/mol. The van der Waals surface area contributed by atoms with Crippen LogP contribution in [0.3, 0.4) is 0 Å². The van der Waals surface area contributed by atoms with Gasteiger partial charge in [-0.2, -0.15) is 0 Å². The van der Waals surface area contributed by atoms with Crippen molar-refractivity contribution in [3.8, 4) is 59.2 Å². The lowest BCUT2D eigenvalue weighted by Crippen LogP contribution is -1.94. The average Bonchev–Trinajstić information content (AvgIpc) is 3.26. The van der Waals surface area contributed by atoms with Gasteiger partial charge in [-0.05, 0) is 169 Å². The molecule has 0 heterocycles. The van der Waals surface area contributed by atoms with Crippen molar-refractivity contribution in [1.82, 2.24) is 0 Å². The number of benzene rings is 7. The molecule has 15 rings (SSSR count). The first-order valence-electron chi connectivity index (χ1n) is 18.9. The molecule has 0 saturated carbocycles. The summed E-state index contributed by atoms with van der Waals surface area (Å²) in [5, 5.41) is 0. The second-order valence-corrected chi connectivity index (χ2v) is 13.8. The van der Waals surface area contributed by atoms with Gasteiger partial charge in [0.05, 0.1) is 0 Å². The fraction of sp³-hybridized carbons (Fsp3) is 0.0714. The summed E-state index contributed by atoms with van der Waals surface area (Å²) in [5.41, 5.74) is 15.0. The van der Waals surface area contributed by atoms with E-state index in [1.807, 2.05) is 97.1 Å². The Balaban J connectivity index is 0.995. The number of rotatable bonds is 0. The van der Waals surface area contributed by atoms with Crippen LogP contribution in [0.25, 0.3) is 0 Å². The van der Waals surface area contributed by atoms with Gasteiger partial charge in [0.25, 0.3) is 0 Å². The maximum Gasteiger partial charge on any atom is 0.0249 e. The fourth-order valence-corrected chi connectivity index (χ4v) is 6.23. The van der Waals surface area contributed by atoms with Crippen molar-refractivity contribution in [2.24, 2.45) is 0 Å². The molecule has 7 aromatic rings. The van der Waals surface area contributed by atoms with Gasteiger partial charge in [-0.1, -0.05) is 108 Å². The second kappa shape index (κ2) is 17.4. The molecule has 7 aromatic carbocycles. The molecule has 0 nitrogen and oxygen atoms in total. The summed E-state index contributed by atoms with van der Waals surface area (Å²) in [5.74, 6) is 32.8. The standard InChI is InChI=1S/C56H36/c1-2-44-4-3-43(1)29-30-45-5-7-47(8-6-45)33-34-49-13-15-51(16-14-49)37-38-53-21-23-55(24-22-53)41-42-56-27-25-54(26-28-56)40-39-52-19-17-50(18-20-52)36-35-48-11-9-46(10-12-48)32-31-44/h1-28H,29-32H2. The van der Waals surface area contributed by atoms with E-state index in [2.05, 4.69) is 132 Å². The molecule has 0 saturated heterocycles. The normalized spacial score (nSPS) is 11.6. The van der Waals surface area contributed by atoms with Crippen LogP contribution >= 0.6 is 0 Å². The quantitative estimate of drug-likeness (QED) is 0.138. The van der Waals surface area contributed by atoms with Gasteiger partial charge in [0.15, 0.2) is 0 Å². The maximum absolute atomic E-state index is 3.31. The molecule has 8 aliphatic carbocycles. The number of hydrogen-bond donors (Lipinski definition) is 0. The van der Waals surface area contributed by atoms with Gasteiger partial charge in [0.2, 0.25) is 0 Å². The molecule has 56 heavy (non-hydrogen) atoms. The Labute approximate surface area is 331 Å². The minimum Gasteiger partial charge on any atom is -0.0617 e. The fourth-order valence-electron chi connectivity index (χ4n) is 6.23. The lowest BCUT2D eigenvalue weighted by atomic mass is 9.99. The van der Waals surface area contributed by atoms with E-state index in [0.29, 0.717) is 0 Å². The van der Waals surface area contributed by atoms with Crippen LogP contribution in [0.1, 0.15) is 77.9 Å². The van der Waals surface area contributed by atoms with Crippen LogP contribution in [0.4, 0.5) is 0 Å². The van der Waals surface area contributed by atoms with Gasteiger partial charge in [-0.3, -0.25) is 0 Å². The van der Waals surface area contributed by atoms with E-state index in [1.165, 1.54) is 22.3 Å². The maximum atomic E-state index is 3.31. The zero-order chi connectivity index (χ0) is 37.8. The first kappa shape index (κ1) is 35.4. The molecule has 260 valence electrons. The summed E-state index contributed by atoms with van der Waals surface area (Å²) in [6, 6.07) is 58.6. The third kappa shape index (κ3) is 10.1. The minimum atomic E-state index is 0.939. The molecule has 0 heteroatoms. The van der Waals surface area contributed by atoms with Crippen LogP contribution in [0.2, 0.25) is 0 Å². The Kier molecular flexibility index (Phi) is 11.0. The van der Waals surface area contributed by atoms with Gasteiger partial charge < -0.3 is 0 Å². The van der Waals surface area contributed by atoms with Gasteiger partial charge >= 0.3 is 0 Å². The largest absolute Gasteiger partial charge is 0.0617 e. The highest BCUT2D eigenvalue weighted by atomic mass is 14.1. The summed E-state index contributed by atoms with van der Waals surface area (Å²) in [7, 11) is 0. The predicted molar refractivity (Wildman–Crippen MR) is 230 cm³/mol. The molecule has 0 radical (unpaired) electrons. The van der Waals surface area contributed by atoms with Crippen molar-refractivity contribution in [2.45, 2.75) is 25.7 Å². The summed E-state index contributed by atoms with van der Waals surface area (Å²) in [6.45, 7) is 0. The Morgan fingerprint density at radius 1 is 0.161 bits per heavy atom. The average molecular weight is 709 g/mol. The molecular formula is C56H36. The summed E-state index contributed by atoms with van der Waals surface area (Å²) >= 11 is 0. The SMILES string of the molecule is C1#Cc2ccc(cc2)C#Cc2ccc(cc2)C#Cc2ccc(cc2)CCc2ccc(cc2)CCc2ccc(cc2)C#Cc2ccc(cc2)C#Cc2ccc1cc2. The Morgan fingerprint density at radius 2 is 0.268 bits per heavy atom. The van der Waals surface area contributed by atoms with E-state index in [-0.39, 0.29) is 0 Å². The van der Waals surface area contributed by atoms with Crippen LogP contribution in [0.5, 0.6) is 0 Å². The molecule has 0 fully saturated rings. The highest BCUT2D eigenvalue weighted by molar-refractivity contribution is 5.52. The highest BCUT2D eigenvalue weighted by Gasteiger charge is 2.01. The van der Waals surface area contributed by atoms with E-state index in [0.717, 1.165) is 81.3 Å². The topological polar surface area (TPSA) is 0 Å². The van der Waals surface area contributed by atoms with Crippen LogP contribution in [0, 0.1) is 59.2 Å². The van der Waals surface area contributed by atoms with Crippen LogP contribution in [-0.2, 0) is 25.7 Å². The molecule has 0 unspecified atom stereocenters. The number of aryl methyl sites for hydroxylation is 4. The Bertz CT molecular complexity index is 2580. The first-order valence-corrected chi connectivity index (χ1v) is 18.9. The van der Waals surface area contributed by atoms with Crippen molar-refractivity contribution in [3.05, 3.63) is 248 Å². The van der Waals surface area contributed by atoms with Crippen molar-refractivity contribution >= 4 is 0 Å². The van der Waals surface area contributed by atoms with Gasteiger partial charge in [-0.15, -0.1) is 0 Å². The second-order valence-electron chi connectivity index (χ2n) is 13.8. The minimum absolute atomic E-state index is 0.939. The summed E-state index contributed by atoms with van der Waals surface area (Å²) in [4.78, 5) is 0. The van der Waals surface area contributed by atoms with Crippen LogP contribution < -0.4 is 0 Å². The molecule has 0 aromatic heterocycles. The zero-order valence-electron chi connectivity index (χ0n) is 31.0. The lowest BCUT2D eigenvalue weighted by molar-refractivity contribution is 0.940. The van der Waals surface area contributed by atoms with Gasteiger partial charge in [-0.25, -0.2) is 0 Å². The molecule has 0 spiro atoms. The third-order valence-corrected chi connectivity index (χ3v) is 9.63. The zero-order valence-corrected chi connectivity index (χ0v) is 31.0. The molecule has 0 aliphatic heterocycles. The van der Waals surface area contributed by atoms with Crippen molar-refractivity contribution in [1.29, 1.82) is 0 Å². The molecule has 14 bridgehead atoms. The van der Waals surface area contributed by atoms with Crippen molar-refractivity contribution in [3.63, 3.8) is 0 Å². The molecular weight excluding hydrogens is 673 g/mol. The van der Waals surface area contributed by atoms with Gasteiger partial charge in [0.1, 0.15) is 0 Å². The van der Waals surface area contributed by atoms with Gasteiger partial charge in [0, 0.05) is 55.6 Å². The van der Waals surface area contributed by atoms with E-state index >= 15 is 0 Å². The van der Waals surface area contributed by atoms with E-state index in [4.69, 9.17) is 0 Å². The third-order valence-electron chi connectivity index (χ3n) is 9.63. The lowest BCUT2D eigenvalue weighted by Gasteiger charge is -2.06. The van der Waals surface area contributed by atoms with Crippen LogP contribution in [-0.4, -0.2) is 0 Å². The predicted octanol–water partition coefficient (Wildman–Crippen LogP) is 10.6. The Morgan fingerprint density at radius 3 is 0.411 bits per heavy atom. The molecule has 0 amide bonds. The molecule has 0 atom stereocenters. The van der Waals surface area contributed by atoms with Crippen molar-refractivity contribution in [2.75, 3.05) is 0 Å².